The van der Waals surface area contributed by atoms with Crippen molar-refractivity contribution in [3.63, 3.8) is 0 Å². The van der Waals surface area contributed by atoms with Gasteiger partial charge in [-0.1, -0.05) is 32.1 Å². The minimum absolute atomic E-state index is 0.229. The van der Waals surface area contributed by atoms with Crippen LogP contribution in [0, 0.1) is 11.8 Å². The van der Waals surface area contributed by atoms with Gasteiger partial charge in [-0.3, -0.25) is 4.79 Å². The Bertz CT molecular complexity index is 260. The third kappa shape index (κ3) is 2.32. The van der Waals surface area contributed by atoms with E-state index >= 15 is 0 Å². The van der Waals surface area contributed by atoms with Gasteiger partial charge in [0.05, 0.1) is 6.04 Å². The fourth-order valence-electron chi connectivity index (χ4n) is 3.56. The van der Waals surface area contributed by atoms with Crippen molar-refractivity contribution in [1.29, 1.82) is 0 Å². The molecule has 2 heteroatoms. The molecule has 2 saturated carbocycles. The number of ketones is 1. The van der Waals surface area contributed by atoms with E-state index in [1.54, 1.807) is 0 Å². The lowest BCUT2D eigenvalue weighted by molar-refractivity contribution is -0.121. The summed E-state index contributed by atoms with van der Waals surface area (Å²) in [5.41, 5.74) is 0. The fraction of sp³-hybridized carbons (Fsp3) is 0.929. The Morgan fingerprint density at radius 3 is 2.62 bits per heavy atom. The molecule has 2 aliphatic carbocycles. The van der Waals surface area contributed by atoms with Crippen molar-refractivity contribution in [3.8, 4) is 0 Å². The van der Waals surface area contributed by atoms with E-state index in [1.165, 1.54) is 38.5 Å². The molecule has 1 aliphatic heterocycles. The number of carbonyl (C=O) groups is 1. The minimum Gasteiger partial charge on any atom is -0.304 e. The number of rotatable bonds is 4. The summed E-state index contributed by atoms with van der Waals surface area (Å²) in [6.45, 7) is 0. The summed E-state index contributed by atoms with van der Waals surface area (Å²) in [6.07, 6.45) is 11.4. The van der Waals surface area contributed by atoms with Gasteiger partial charge in [-0.15, -0.1) is 0 Å². The molecule has 3 rings (SSSR count). The SMILES string of the molecule is O=C(CCC1CCCCC1)[C@@H]1C[C@H]2C[C@H]2N1. The summed E-state index contributed by atoms with van der Waals surface area (Å²) < 4.78 is 0. The fourth-order valence-corrected chi connectivity index (χ4v) is 3.56. The molecule has 3 atom stereocenters. The van der Waals surface area contributed by atoms with E-state index in [4.69, 9.17) is 0 Å². The van der Waals surface area contributed by atoms with Crippen LogP contribution in [0.15, 0.2) is 0 Å². The Kier molecular flexibility index (Phi) is 3.01. The molecule has 0 aromatic rings. The van der Waals surface area contributed by atoms with Crippen LogP contribution >= 0.6 is 0 Å². The second-order valence-electron chi connectivity index (χ2n) is 6.07. The topological polar surface area (TPSA) is 29.1 Å². The molecule has 0 aromatic heterocycles. The van der Waals surface area contributed by atoms with Gasteiger partial charge in [0.15, 0.2) is 0 Å². The number of fused-ring (bicyclic) bond motifs is 1. The summed E-state index contributed by atoms with van der Waals surface area (Å²) in [5, 5.41) is 3.47. The third-order valence-corrected chi connectivity index (χ3v) is 4.79. The van der Waals surface area contributed by atoms with Crippen LogP contribution in [0.4, 0.5) is 0 Å². The van der Waals surface area contributed by atoms with E-state index < -0.39 is 0 Å². The monoisotopic (exact) mass is 221 g/mol. The highest BCUT2D eigenvalue weighted by atomic mass is 16.1. The molecule has 3 fully saturated rings. The van der Waals surface area contributed by atoms with E-state index in [-0.39, 0.29) is 6.04 Å². The molecule has 0 unspecified atom stereocenters. The predicted molar refractivity (Wildman–Crippen MR) is 64.3 cm³/mol. The first-order valence-electron chi connectivity index (χ1n) is 7.11. The molecule has 2 nitrogen and oxygen atoms in total. The van der Waals surface area contributed by atoms with Gasteiger partial charge in [0.1, 0.15) is 5.78 Å². The van der Waals surface area contributed by atoms with E-state index in [9.17, 15) is 4.79 Å². The number of carbonyl (C=O) groups excluding carboxylic acids is 1. The largest absolute Gasteiger partial charge is 0.304 e. The van der Waals surface area contributed by atoms with E-state index in [1.807, 2.05) is 0 Å². The zero-order chi connectivity index (χ0) is 11.0. The zero-order valence-corrected chi connectivity index (χ0v) is 10.1. The Morgan fingerprint density at radius 2 is 1.94 bits per heavy atom. The van der Waals surface area contributed by atoms with Crippen LogP contribution in [0.5, 0.6) is 0 Å². The van der Waals surface area contributed by atoms with Gasteiger partial charge in [0.2, 0.25) is 0 Å². The second-order valence-corrected chi connectivity index (χ2v) is 6.07. The Labute approximate surface area is 98.2 Å². The smallest absolute Gasteiger partial charge is 0.149 e. The summed E-state index contributed by atoms with van der Waals surface area (Å²) in [6, 6.07) is 0.941. The summed E-state index contributed by atoms with van der Waals surface area (Å²) in [4.78, 5) is 12.0. The Balaban J connectivity index is 1.39. The van der Waals surface area contributed by atoms with Crippen molar-refractivity contribution in [2.75, 3.05) is 0 Å². The molecule has 1 N–H and O–H groups in total. The van der Waals surface area contributed by atoms with Crippen LogP contribution in [-0.4, -0.2) is 17.9 Å². The second kappa shape index (κ2) is 4.48. The van der Waals surface area contributed by atoms with Crippen LogP contribution in [0.3, 0.4) is 0 Å². The standard InChI is InChI=1S/C14H23NO/c16-14(13-9-11-8-12(11)15-13)7-6-10-4-2-1-3-5-10/h10-13,15H,1-9H2/t11-,12-,13+/m1/s1. The molecule has 3 aliphatic rings. The Morgan fingerprint density at radius 1 is 1.12 bits per heavy atom. The van der Waals surface area contributed by atoms with Crippen molar-refractivity contribution in [1.82, 2.24) is 5.32 Å². The van der Waals surface area contributed by atoms with Crippen LogP contribution in [-0.2, 0) is 4.79 Å². The summed E-state index contributed by atoms with van der Waals surface area (Å²) >= 11 is 0. The van der Waals surface area contributed by atoms with Gasteiger partial charge < -0.3 is 5.32 Å². The highest BCUT2D eigenvalue weighted by molar-refractivity contribution is 5.84. The van der Waals surface area contributed by atoms with Crippen LogP contribution in [0.1, 0.15) is 57.8 Å². The summed E-state index contributed by atoms with van der Waals surface area (Å²) in [5.74, 6) is 2.20. The lowest BCUT2D eigenvalue weighted by Crippen LogP contribution is -2.34. The van der Waals surface area contributed by atoms with Crippen LogP contribution < -0.4 is 5.32 Å². The molecule has 16 heavy (non-hydrogen) atoms. The molecular formula is C14H23NO. The van der Waals surface area contributed by atoms with Crippen LogP contribution in [0.2, 0.25) is 0 Å². The lowest BCUT2D eigenvalue weighted by atomic mass is 9.85. The van der Waals surface area contributed by atoms with Gasteiger partial charge in [0.25, 0.3) is 0 Å². The Hall–Kier alpha value is -0.370. The lowest BCUT2D eigenvalue weighted by Gasteiger charge is -2.21. The maximum absolute atomic E-state index is 12.0. The summed E-state index contributed by atoms with van der Waals surface area (Å²) in [7, 11) is 0. The van der Waals surface area contributed by atoms with Gasteiger partial charge in [-0.05, 0) is 31.1 Å². The maximum Gasteiger partial charge on any atom is 0.149 e. The quantitative estimate of drug-likeness (QED) is 0.790. The first-order valence-corrected chi connectivity index (χ1v) is 7.11. The zero-order valence-electron chi connectivity index (χ0n) is 10.1. The van der Waals surface area contributed by atoms with Gasteiger partial charge in [-0.2, -0.15) is 0 Å². The molecule has 0 bridgehead atoms. The first-order chi connectivity index (χ1) is 7.83. The van der Waals surface area contributed by atoms with Crippen molar-refractivity contribution in [2.45, 2.75) is 69.9 Å². The molecule has 1 heterocycles. The normalized spacial score (nSPS) is 38.4. The average molecular weight is 221 g/mol. The highest BCUT2D eigenvalue weighted by Gasteiger charge is 2.47. The number of hydrogen-bond donors (Lipinski definition) is 1. The van der Waals surface area contributed by atoms with Crippen LogP contribution in [0.25, 0.3) is 0 Å². The molecule has 0 aromatic carbocycles. The maximum atomic E-state index is 12.0. The molecular weight excluding hydrogens is 198 g/mol. The van der Waals surface area contributed by atoms with E-state index in [0.29, 0.717) is 11.8 Å². The van der Waals surface area contributed by atoms with Crippen molar-refractivity contribution in [3.05, 3.63) is 0 Å². The van der Waals surface area contributed by atoms with Gasteiger partial charge in [0, 0.05) is 12.5 Å². The van der Waals surface area contributed by atoms with Crippen molar-refractivity contribution >= 4 is 5.78 Å². The van der Waals surface area contributed by atoms with E-state index in [0.717, 1.165) is 31.1 Å². The van der Waals surface area contributed by atoms with E-state index in [2.05, 4.69) is 5.32 Å². The molecule has 0 amide bonds. The average Bonchev–Trinajstić information content (AvgIpc) is 2.94. The number of hydrogen-bond acceptors (Lipinski definition) is 2. The molecule has 90 valence electrons. The molecule has 0 spiro atoms. The van der Waals surface area contributed by atoms with Gasteiger partial charge >= 0.3 is 0 Å². The number of Topliss-reactive ketones (excluding diaryl/α,β-unsaturated/α-hetero) is 1. The van der Waals surface area contributed by atoms with Gasteiger partial charge in [-0.25, -0.2) is 0 Å². The van der Waals surface area contributed by atoms with Crippen molar-refractivity contribution in [2.24, 2.45) is 11.8 Å². The predicted octanol–water partition coefficient (Wildman–Crippen LogP) is 2.67. The first kappa shape index (κ1) is 10.8. The third-order valence-electron chi connectivity index (χ3n) is 4.79. The number of piperidine rings is 1. The minimum atomic E-state index is 0.229. The van der Waals surface area contributed by atoms with Crippen molar-refractivity contribution < 1.29 is 4.79 Å². The molecule has 1 saturated heterocycles. The number of nitrogens with one attached hydrogen (secondary N) is 1. The molecule has 0 radical (unpaired) electrons. The highest BCUT2D eigenvalue weighted by Crippen LogP contribution is 2.41.